The Bertz CT molecular complexity index is 312. The van der Waals surface area contributed by atoms with Gasteiger partial charge >= 0.3 is 0 Å². The van der Waals surface area contributed by atoms with Crippen LogP contribution in [0.25, 0.3) is 0 Å². The number of nitrogens with zero attached hydrogens (tertiary/aromatic N) is 2. The van der Waals surface area contributed by atoms with Crippen molar-refractivity contribution in [1.82, 2.24) is 9.55 Å². The second-order valence-corrected chi connectivity index (χ2v) is 4.51. The highest BCUT2D eigenvalue weighted by atomic mass is 16.1. The first-order valence-electron chi connectivity index (χ1n) is 5.75. The van der Waals surface area contributed by atoms with Crippen LogP contribution in [0, 0.1) is 5.41 Å². The lowest BCUT2D eigenvalue weighted by atomic mass is 9.76. The van der Waals surface area contributed by atoms with Gasteiger partial charge in [-0.15, -0.1) is 0 Å². The molecule has 1 saturated carbocycles. The molecule has 0 radical (unpaired) electrons. The number of hydrogen-bond donors (Lipinski definition) is 0. The van der Waals surface area contributed by atoms with Crippen LogP contribution < -0.4 is 0 Å². The zero-order chi connectivity index (χ0) is 10.7. The van der Waals surface area contributed by atoms with Gasteiger partial charge in [-0.05, 0) is 24.7 Å². The fourth-order valence-electron chi connectivity index (χ4n) is 2.90. The predicted molar refractivity (Wildman–Crippen MR) is 58.5 cm³/mol. The summed E-state index contributed by atoms with van der Waals surface area (Å²) in [5, 5.41) is 0. The molecule has 82 valence electrons. The van der Waals surface area contributed by atoms with Gasteiger partial charge in [0.2, 0.25) is 0 Å². The Morgan fingerprint density at radius 2 is 2.27 bits per heavy atom. The summed E-state index contributed by atoms with van der Waals surface area (Å²) >= 11 is 0. The predicted octanol–water partition coefficient (Wildman–Crippen LogP) is 2.59. The average molecular weight is 206 g/mol. The van der Waals surface area contributed by atoms with Crippen molar-refractivity contribution in [3.8, 4) is 0 Å². The molecule has 0 bridgehead atoms. The van der Waals surface area contributed by atoms with E-state index in [1.54, 1.807) is 12.5 Å². The van der Waals surface area contributed by atoms with Gasteiger partial charge in [-0.2, -0.15) is 0 Å². The van der Waals surface area contributed by atoms with Gasteiger partial charge in [0.15, 0.2) is 0 Å². The molecular weight excluding hydrogens is 188 g/mol. The molecule has 1 aromatic heterocycles. The Kier molecular flexibility index (Phi) is 2.89. The number of aromatic nitrogens is 2. The minimum Gasteiger partial charge on any atom is -0.327 e. The molecule has 0 N–H and O–H groups in total. The van der Waals surface area contributed by atoms with E-state index in [0.29, 0.717) is 0 Å². The van der Waals surface area contributed by atoms with E-state index >= 15 is 0 Å². The van der Waals surface area contributed by atoms with Gasteiger partial charge in [0.05, 0.1) is 12.4 Å². The first-order chi connectivity index (χ1) is 7.32. The standard InChI is InChI=1S/C12H18N2O/c1-2-12(5-3-4-6-12)11(9-15)14-8-7-13-10-14/h7-11H,2-6H2,1H3. The molecule has 2 rings (SSSR count). The van der Waals surface area contributed by atoms with Gasteiger partial charge in [0, 0.05) is 12.4 Å². The summed E-state index contributed by atoms with van der Waals surface area (Å²) in [5.74, 6) is 0. The van der Waals surface area contributed by atoms with E-state index in [9.17, 15) is 4.79 Å². The van der Waals surface area contributed by atoms with Gasteiger partial charge in [0.25, 0.3) is 0 Å². The van der Waals surface area contributed by atoms with Crippen molar-refractivity contribution in [3.05, 3.63) is 18.7 Å². The van der Waals surface area contributed by atoms with E-state index < -0.39 is 0 Å². The number of carbonyl (C=O) groups excluding carboxylic acids is 1. The maximum atomic E-state index is 11.3. The molecular formula is C12H18N2O. The van der Waals surface area contributed by atoms with Crippen LogP contribution in [-0.4, -0.2) is 15.8 Å². The Hall–Kier alpha value is -1.12. The molecule has 0 saturated heterocycles. The summed E-state index contributed by atoms with van der Waals surface area (Å²) in [6.07, 6.45) is 12.4. The van der Waals surface area contributed by atoms with Crippen molar-refractivity contribution >= 4 is 6.29 Å². The molecule has 1 fully saturated rings. The molecule has 15 heavy (non-hydrogen) atoms. The van der Waals surface area contributed by atoms with Crippen LogP contribution >= 0.6 is 0 Å². The molecule has 3 heteroatoms. The van der Waals surface area contributed by atoms with Crippen molar-refractivity contribution in [2.45, 2.75) is 45.1 Å². The fourth-order valence-corrected chi connectivity index (χ4v) is 2.90. The van der Waals surface area contributed by atoms with Crippen molar-refractivity contribution in [1.29, 1.82) is 0 Å². The van der Waals surface area contributed by atoms with Crippen molar-refractivity contribution < 1.29 is 4.79 Å². The second kappa shape index (κ2) is 4.17. The highest BCUT2D eigenvalue weighted by molar-refractivity contribution is 5.57. The number of imidazole rings is 1. The van der Waals surface area contributed by atoms with Crippen LogP contribution in [0.2, 0.25) is 0 Å². The van der Waals surface area contributed by atoms with Gasteiger partial charge in [-0.1, -0.05) is 19.8 Å². The average Bonchev–Trinajstić information content (AvgIpc) is 2.90. The van der Waals surface area contributed by atoms with Crippen LogP contribution in [0.15, 0.2) is 18.7 Å². The van der Waals surface area contributed by atoms with Crippen molar-refractivity contribution in [3.63, 3.8) is 0 Å². The molecule has 0 aliphatic heterocycles. The van der Waals surface area contributed by atoms with E-state index in [1.165, 1.54) is 25.7 Å². The SMILES string of the molecule is CCC1(C(C=O)n2ccnc2)CCCC1. The van der Waals surface area contributed by atoms with Crippen LogP contribution in [-0.2, 0) is 4.79 Å². The van der Waals surface area contributed by atoms with E-state index in [-0.39, 0.29) is 11.5 Å². The smallest absolute Gasteiger partial charge is 0.143 e. The molecule has 1 aromatic rings. The maximum Gasteiger partial charge on any atom is 0.143 e. The number of carbonyl (C=O) groups is 1. The number of hydrogen-bond acceptors (Lipinski definition) is 2. The van der Waals surface area contributed by atoms with Gasteiger partial charge in [-0.25, -0.2) is 4.98 Å². The fraction of sp³-hybridized carbons (Fsp3) is 0.667. The molecule has 1 heterocycles. The van der Waals surface area contributed by atoms with Gasteiger partial charge in [0.1, 0.15) is 6.29 Å². The van der Waals surface area contributed by atoms with Crippen LogP contribution in [0.4, 0.5) is 0 Å². The normalized spacial score (nSPS) is 21.4. The Morgan fingerprint density at radius 3 is 2.73 bits per heavy atom. The lowest BCUT2D eigenvalue weighted by Gasteiger charge is -2.34. The molecule has 1 unspecified atom stereocenters. The zero-order valence-electron chi connectivity index (χ0n) is 9.22. The molecule has 1 aliphatic rings. The summed E-state index contributed by atoms with van der Waals surface area (Å²) in [5.41, 5.74) is 0.183. The van der Waals surface area contributed by atoms with Crippen LogP contribution in [0.1, 0.15) is 45.1 Å². The highest BCUT2D eigenvalue weighted by Crippen LogP contribution is 2.48. The third-order valence-corrected chi connectivity index (χ3v) is 3.91. The second-order valence-electron chi connectivity index (χ2n) is 4.51. The molecule has 1 atom stereocenters. The summed E-state index contributed by atoms with van der Waals surface area (Å²) < 4.78 is 1.96. The molecule has 0 amide bonds. The van der Waals surface area contributed by atoms with Gasteiger partial charge < -0.3 is 9.36 Å². The lowest BCUT2D eigenvalue weighted by Crippen LogP contribution is -2.30. The lowest BCUT2D eigenvalue weighted by molar-refractivity contribution is -0.114. The quantitative estimate of drug-likeness (QED) is 0.710. The van der Waals surface area contributed by atoms with Crippen LogP contribution in [0.5, 0.6) is 0 Å². The first kappa shape index (κ1) is 10.4. The zero-order valence-corrected chi connectivity index (χ0v) is 9.22. The summed E-state index contributed by atoms with van der Waals surface area (Å²) in [6, 6.07) is -0.0208. The molecule has 0 aromatic carbocycles. The third-order valence-electron chi connectivity index (χ3n) is 3.91. The summed E-state index contributed by atoms with van der Waals surface area (Å²) in [6.45, 7) is 2.19. The molecule has 3 nitrogen and oxygen atoms in total. The van der Waals surface area contributed by atoms with Crippen molar-refractivity contribution in [2.75, 3.05) is 0 Å². The summed E-state index contributed by atoms with van der Waals surface area (Å²) in [4.78, 5) is 15.3. The minimum atomic E-state index is -0.0208. The van der Waals surface area contributed by atoms with Crippen molar-refractivity contribution in [2.24, 2.45) is 5.41 Å². The van der Waals surface area contributed by atoms with E-state index in [0.717, 1.165) is 12.7 Å². The van der Waals surface area contributed by atoms with E-state index in [4.69, 9.17) is 0 Å². The number of aldehydes is 1. The Labute approximate surface area is 90.5 Å². The van der Waals surface area contributed by atoms with E-state index in [1.807, 2.05) is 10.8 Å². The molecule has 1 aliphatic carbocycles. The number of rotatable bonds is 4. The monoisotopic (exact) mass is 206 g/mol. The Morgan fingerprint density at radius 1 is 1.53 bits per heavy atom. The van der Waals surface area contributed by atoms with Crippen LogP contribution in [0.3, 0.4) is 0 Å². The highest BCUT2D eigenvalue weighted by Gasteiger charge is 2.40. The van der Waals surface area contributed by atoms with E-state index in [2.05, 4.69) is 11.9 Å². The van der Waals surface area contributed by atoms with Gasteiger partial charge in [-0.3, -0.25) is 0 Å². The minimum absolute atomic E-state index is 0.0208. The Balaban J connectivity index is 2.28. The molecule has 0 spiro atoms. The first-order valence-corrected chi connectivity index (χ1v) is 5.75. The third kappa shape index (κ3) is 1.71. The largest absolute Gasteiger partial charge is 0.327 e. The topological polar surface area (TPSA) is 34.9 Å². The summed E-state index contributed by atoms with van der Waals surface area (Å²) in [7, 11) is 0. The maximum absolute atomic E-state index is 11.3.